The van der Waals surface area contributed by atoms with Gasteiger partial charge in [0, 0.05) is 17.6 Å². The van der Waals surface area contributed by atoms with Crippen molar-refractivity contribution in [2.45, 2.75) is 31.7 Å². The summed E-state index contributed by atoms with van der Waals surface area (Å²) >= 11 is 1.64. The number of pyridine rings is 1. The van der Waals surface area contributed by atoms with E-state index >= 15 is 0 Å². The number of hydrogen-bond acceptors (Lipinski definition) is 4. The molecule has 4 aromatic rings. The molecule has 1 amide bonds. The highest BCUT2D eigenvalue weighted by Gasteiger charge is 2.35. The molecule has 4 heterocycles. The molecule has 0 N–H and O–H groups in total. The minimum atomic E-state index is -0.0219. The Morgan fingerprint density at radius 2 is 1.90 bits per heavy atom. The van der Waals surface area contributed by atoms with Crippen molar-refractivity contribution in [3.63, 3.8) is 0 Å². The SMILES string of the molecule is O=C(c1cc2c(s1)-c1ccccc1CC2)N1CCC[C@@H]1c1nnc2ccccn12. The number of amides is 1. The molecule has 29 heavy (non-hydrogen) atoms. The number of thiophene rings is 1. The maximum Gasteiger partial charge on any atom is 0.264 e. The Balaban J connectivity index is 1.36. The molecule has 1 aliphatic heterocycles. The lowest BCUT2D eigenvalue weighted by Gasteiger charge is -2.22. The summed E-state index contributed by atoms with van der Waals surface area (Å²) in [5.74, 6) is 0.982. The highest BCUT2D eigenvalue weighted by molar-refractivity contribution is 7.17. The van der Waals surface area contributed by atoms with E-state index in [0.717, 1.165) is 48.6 Å². The molecule has 1 fully saturated rings. The van der Waals surface area contributed by atoms with E-state index in [4.69, 9.17) is 0 Å². The van der Waals surface area contributed by atoms with Crippen molar-refractivity contribution in [2.75, 3.05) is 6.54 Å². The number of likely N-dealkylation sites (tertiary alicyclic amines) is 1. The molecule has 1 aliphatic carbocycles. The summed E-state index contributed by atoms with van der Waals surface area (Å²) in [5, 5.41) is 8.71. The number of fused-ring (bicyclic) bond motifs is 4. The van der Waals surface area contributed by atoms with E-state index in [0.29, 0.717) is 0 Å². The average Bonchev–Trinajstić information content (AvgIpc) is 3.50. The van der Waals surface area contributed by atoms with Gasteiger partial charge in [0.2, 0.25) is 0 Å². The van der Waals surface area contributed by atoms with Crippen LogP contribution in [0.1, 0.15) is 45.5 Å². The number of aryl methyl sites for hydroxylation is 2. The fourth-order valence-corrected chi connectivity index (χ4v) is 5.91. The van der Waals surface area contributed by atoms with Crippen molar-refractivity contribution in [1.29, 1.82) is 0 Å². The maximum absolute atomic E-state index is 13.5. The monoisotopic (exact) mass is 400 g/mol. The van der Waals surface area contributed by atoms with Gasteiger partial charge in [-0.1, -0.05) is 30.3 Å². The van der Waals surface area contributed by atoms with Crippen LogP contribution in [0.15, 0.2) is 54.7 Å². The molecule has 1 atom stereocenters. The molecule has 0 saturated carbocycles. The van der Waals surface area contributed by atoms with E-state index in [9.17, 15) is 4.79 Å². The molecule has 1 aromatic carbocycles. The van der Waals surface area contributed by atoms with Gasteiger partial charge in [0.15, 0.2) is 11.5 Å². The van der Waals surface area contributed by atoms with Crippen molar-refractivity contribution in [3.8, 4) is 10.4 Å². The molecule has 144 valence electrons. The van der Waals surface area contributed by atoms with Gasteiger partial charge in [-0.3, -0.25) is 9.20 Å². The predicted molar refractivity (Wildman–Crippen MR) is 113 cm³/mol. The van der Waals surface area contributed by atoms with Crippen LogP contribution in [0.5, 0.6) is 0 Å². The number of rotatable bonds is 2. The number of nitrogens with zero attached hydrogens (tertiary/aromatic N) is 4. The first kappa shape index (κ1) is 16.9. The first-order chi connectivity index (χ1) is 14.3. The van der Waals surface area contributed by atoms with Gasteiger partial charge in [-0.2, -0.15) is 0 Å². The van der Waals surface area contributed by atoms with E-state index in [2.05, 4.69) is 40.5 Å². The molecular weight excluding hydrogens is 380 g/mol. The van der Waals surface area contributed by atoms with Crippen molar-refractivity contribution in [1.82, 2.24) is 19.5 Å². The maximum atomic E-state index is 13.5. The Labute approximate surface area is 172 Å². The third-order valence-corrected chi connectivity index (χ3v) is 7.30. The lowest BCUT2D eigenvalue weighted by atomic mass is 9.91. The number of hydrogen-bond donors (Lipinski definition) is 0. The Bertz CT molecular complexity index is 1240. The summed E-state index contributed by atoms with van der Waals surface area (Å²) in [6.45, 7) is 0.768. The highest BCUT2D eigenvalue weighted by Crippen LogP contribution is 2.41. The van der Waals surface area contributed by atoms with E-state index in [-0.39, 0.29) is 11.9 Å². The Hall–Kier alpha value is -2.99. The summed E-state index contributed by atoms with van der Waals surface area (Å²) in [4.78, 5) is 17.6. The van der Waals surface area contributed by atoms with Crippen LogP contribution in [-0.4, -0.2) is 31.9 Å². The molecule has 0 unspecified atom stereocenters. The molecule has 3 aromatic heterocycles. The fraction of sp³-hybridized carbons (Fsp3) is 0.261. The quantitative estimate of drug-likeness (QED) is 0.497. The largest absolute Gasteiger partial charge is 0.328 e. The second kappa shape index (κ2) is 6.52. The van der Waals surface area contributed by atoms with Crippen LogP contribution in [-0.2, 0) is 12.8 Å². The van der Waals surface area contributed by atoms with E-state index < -0.39 is 0 Å². The summed E-state index contributed by atoms with van der Waals surface area (Å²) in [5.41, 5.74) is 4.81. The minimum absolute atomic E-state index is 0.0219. The highest BCUT2D eigenvalue weighted by atomic mass is 32.1. The van der Waals surface area contributed by atoms with Crippen molar-refractivity contribution < 1.29 is 4.79 Å². The number of carbonyl (C=O) groups is 1. The number of aromatic nitrogens is 3. The van der Waals surface area contributed by atoms with Crippen LogP contribution in [0.2, 0.25) is 0 Å². The van der Waals surface area contributed by atoms with Gasteiger partial charge in [-0.25, -0.2) is 0 Å². The van der Waals surface area contributed by atoms with Gasteiger partial charge in [-0.05, 0) is 60.6 Å². The lowest BCUT2D eigenvalue weighted by Crippen LogP contribution is -2.31. The second-order valence-corrected chi connectivity index (χ2v) is 8.82. The van der Waals surface area contributed by atoms with Crippen molar-refractivity contribution in [3.05, 3.63) is 76.6 Å². The molecule has 5 nitrogen and oxygen atoms in total. The van der Waals surface area contributed by atoms with Gasteiger partial charge < -0.3 is 4.90 Å². The topological polar surface area (TPSA) is 50.5 Å². The van der Waals surface area contributed by atoms with Crippen molar-refractivity contribution in [2.24, 2.45) is 0 Å². The van der Waals surface area contributed by atoms with E-state index in [1.807, 2.05) is 33.7 Å². The van der Waals surface area contributed by atoms with Gasteiger partial charge in [0.1, 0.15) is 0 Å². The van der Waals surface area contributed by atoms with Gasteiger partial charge in [0.25, 0.3) is 5.91 Å². The predicted octanol–water partition coefficient (Wildman–Crippen LogP) is 4.53. The Morgan fingerprint density at radius 3 is 2.86 bits per heavy atom. The van der Waals surface area contributed by atoms with Crippen LogP contribution in [0.3, 0.4) is 0 Å². The zero-order valence-corrected chi connectivity index (χ0v) is 16.7. The summed E-state index contributed by atoms with van der Waals surface area (Å²) in [6.07, 6.45) is 5.95. The first-order valence-electron chi connectivity index (χ1n) is 10.1. The van der Waals surface area contributed by atoms with Gasteiger partial charge >= 0.3 is 0 Å². The number of benzene rings is 1. The minimum Gasteiger partial charge on any atom is -0.328 e. The van der Waals surface area contributed by atoms with E-state index in [1.165, 1.54) is 21.6 Å². The molecule has 6 heteroatoms. The standard InChI is InChI=1S/C23H20N4OS/c28-23(19-14-16-11-10-15-6-1-2-7-17(15)21(16)29-19)26-13-5-8-18(26)22-25-24-20-9-3-4-12-27(20)22/h1-4,6-7,9,12,14,18H,5,8,10-11,13H2/t18-/m1/s1. The van der Waals surface area contributed by atoms with Crippen molar-refractivity contribution >= 4 is 22.9 Å². The van der Waals surface area contributed by atoms with Gasteiger partial charge in [-0.15, -0.1) is 21.5 Å². The van der Waals surface area contributed by atoms with E-state index in [1.54, 1.807) is 11.3 Å². The van der Waals surface area contributed by atoms with Crippen LogP contribution in [0.4, 0.5) is 0 Å². The normalized spacial score (nSPS) is 18.1. The van der Waals surface area contributed by atoms with Crippen LogP contribution < -0.4 is 0 Å². The molecule has 0 spiro atoms. The van der Waals surface area contributed by atoms with Crippen LogP contribution in [0, 0.1) is 0 Å². The zero-order valence-electron chi connectivity index (χ0n) is 15.9. The summed E-state index contributed by atoms with van der Waals surface area (Å²) in [7, 11) is 0. The van der Waals surface area contributed by atoms with Crippen LogP contribution >= 0.6 is 11.3 Å². The smallest absolute Gasteiger partial charge is 0.264 e. The first-order valence-corrected chi connectivity index (χ1v) is 10.9. The molecule has 0 radical (unpaired) electrons. The van der Waals surface area contributed by atoms with Gasteiger partial charge in [0.05, 0.1) is 10.9 Å². The lowest BCUT2D eigenvalue weighted by molar-refractivity contribution is 0.0734. The average molecular weight is 401 g/mol. The number of carbonyl (C=O) groups excluding carboxylic acids is 1. The third-order valence-electron chi connectivity index (χ3n) is 6.10. The third kappa shape index (κ3) is 2.63. The summed E-state index contributed by atoms with van der Waals surface area (Å²) in [6, 6.07) is 16.5. The molecule has 6 rings (SSSR count). The Morgan fingerprint density at radius 1 is 1.03 bits per heavy atom. The second-order valence-electron chi connectivity index (χ2n) is 7.77. The zero-order chi connectivity index (χ0) is 19.4. The molecule has 1 saturated heterocycles. The summed E-state index contributed by atoms with van der Waals surface area (Å²) < 4.78 is 2.01. The molecular formula is C23H20N4OS. The molecule has 0 bridgehead atoms. The van der Waals surface area contributed by atoms with Crippen LogP contribution in [0.25, 0.3) is 16.1 Å². The molecule has 2 aliphatic rings. The fourth-order valence-electron chi connectivity index (χ4n) is 4.68. The Kier molecular flexibility index (Phi) is 3.81.